The maximum Gasteiger partial charge on any atom is 0.220 e. The minimum absolute atomic E-state index is 0.115. The molecule has 1 aliphatic rings. The van der Waals surface area contributed by atoms with E-state index in [1.165, 1.54) is 0 Å². The quantitative estimate of drug-likeness (QED) is 0.939. The van der Waals surface area contributed by atoms with Gasteiger partial charge in [0.2, 0.25) is 5.91 Å². The fourth-order valence-electron chi connectivity index (χ4n) is 3.37. The van der Waals surface area contributed by atoms with Gasteiger partial charge in [-0.15, -0.1) is 0 Å². The number of carbonyl (C=O) groups is 1. The van der Waals surface area contributed by atoms with Crippen LogP contribution in [0, 0.1) is 11.3 Å². The maximum absolute atomic E-state index is 11.9. The second kappa shape index (κ2) is 7.31. The van der Waals surface area contributed by atoms with Gasteiger partial charge < -0.3 is 10.2 Å². The van der Waals surface area contributed by atoms with E-state index in [1.54, 1.807) is 6.20 Å². The molecule has 1 unspecified atom stereocenters. The van der Waals surface area contributed by atoms with Gasteiger partial charge in [0.1, 0.15) is 6.07 Å². The number of amides is 1. The molecule has 5 nitrogen and oxygen atoms in total. The number of nitrogens with one attached hydrogen (secondary N) is 1. The Balaban J connectivity index is 1.89. The molecule has 3 rings (SSSR count). The normalized spacial score (nSPS) is 17.5. The summed E-state index contributed by atoms with van der Waals surface area (Å²) in [5.74, 6) is 0.115. The first-order chi connectivity index (χ1) is 11.7. The number of hydrogen-bond acceptors (Lipinski definition) is 4. The lowest BCUT2D eigenvalue weighted by molar-refractivity contribution is -0.121. The lowest BCUT2D eigenvalue weighted by atomic mass is 10.0. The smallest absolute Gasteiger partial charge is 0.220 e. The molecule has 1 N–H and O–H groups in total. The summed E-state index contributed by atoms with van der Waals surface area (Å²) in [7, 11) is 0. The highest BCUT2D eigenvalue weighted by Gasteiger charge is 2.24. The van der Waals surface area contributed by atoms with E-state index < -0.39 is 0 Å². The molecule has 2 heterocycles. The van der Waals surface area contributed by atoms with Crippen LogP contribution in [0.25, 0.3) is 10.9 Å². The van der Waals surface area contributed by atoms with Crippen molar-refractivity contribution in [1.82, 2.24) is 10.3 Å². The predicted molar refractivity (Wildman–Crippen MR) is 94.7 cm³/mol. The molecule has 2 aromatic rings. The molecule has 0 aliphatic carbocycles. The Bertz CT molecular complexity index is 781. The summed E-state index contributed by atoms with van der Waals surface area (Å²) in [4.78, 5) is 18.5. The third-order valence-electron chi connectivity index (χ3n) is 4.45. The summed E-state index contributed by atoms with van der Waals surface area (Å²) >= 11 is 0. The highest BCUT2D eigenvalue weighted by atomic mass is 16.1. The van der Waals surface area contributed by atoms with Gasteiger partial charge >= 0.3 is 0 Å². The lowest BCUT2D eigenvalue weighted by Gasteiger charge is -2.35. The highest BCUT2D eigenvalue weighted by molar-refractivity contribution is 5.94. The number of fused-ring (bicyclic) bond motifs is 1. The summed E-state index contributed by atoms with van der Waals surface area (Å²) in [6, 6.07) is 10.3. The summed E-state index contributed by atoms with van der Waals surface area (Å²) in [6.07, 6.45) is 5.06. The van der Waals surface area contributed by atoms with Crippen molar-refractivity contribution in [3.8, 4) is 6.07 Å². The molecule has 5 heteroatoms. The Kier molecular flexibility index (Phi) is 4.95. The van der Waals surface area contributed by atoms with Gasteiger partial charge in [-0.25, -0.2) is 0 Å². The fraction of sp³-hybridized carbons (Fsp3) is 0.421. The van der Waals surface area contributed by atoms with E-state index >= 15 is 0 Å². The van der Waals surface area contributed by atoms with Crippen molar-refractivity contribution in [2.24, 2.45) is 0 Å². The van der Waals surface area contributed by atoms with Crippen LogP contribution in [0.15, 0.2) is 30.5 Å². The van der Waals surface area contributed by atoms with Crippen molar-refractivity contribution >= 4 is 22.5 Å². The summed E-state index contributed by atoms with van der Waals surface area (Å²) in [6.45, 7) is 3.63. The van der Waals surface area contributed by atoms with Gasteiger partial charge in [0, 0.05) is 37.1 Å². The van der Waals surface area contributed by atoms with Crippen LogP contribution >= 0.6 is 0 Å². The number of rotatable bonds is 4. The van der Waals surface area contributed by atoms with E-state index in [2.05, 4.69) is 21.3 Å². The first kappa shape index (κ1) is 16.3. The first-order valence-electron chi connectivity index (χ1n) is 8.55. The average Bonchev–Trinajstić information content (AvgIpc) is 2.61. The minimum atomic E-state index is 0.115. The number of hydrogen-bond donors (Lipinski definition) is 1. The van der Waals surface area contributed by atoms with Crippen molar-refractivity contribution in [3.63, 3.8) is 0 Å². The van der Waals surface area contributed by atoms with Gasteiger partial charge in [0.25, 0.3) is 0 Å². The van der Waals surface area contributed by atoms with Crippen molar-refractivity contribution in [1.29, 1.82) is 5.26 Å². The third-order valence-corrected chi connectivity index (χ3v) is 4.45. The monoisotopic (exact) mass is 322 g/mol. The van der Waals surface area contributed by atoms with Crippen molar-refractivity contribution in [2.45, 2.75) is 38.6 Å². The molecule has 0 bridgehead atoms. The highest BCUT2D eigenvalue weighted by Crippen LogP contribution is 2.31. The number of carbonyl (C=O) groups excluding carboxylic acids is 1. The predicted octanol–water partition coefficient (Wildman–Crippen LogP) is 2.99. The Labute approximate surface area is 142 Å². The van der Waals surface area contributed by atoms with Gasteiger partial charge in [-0.2, -0.15) is 5.26 Å². The second-order valence-corrected chi connectivity index (χ2v) is 6.25. The van der Waals surface area contributed by atoms with Gasteiger partial charge in [0.15, 0.2) is 0 Å². The maximum atomic E-state index is 11.9. The molecule has 1 aromatic carbocycles. The van der Waals surface area contributed by atoms with Crippen LogP contribution < -0.4 is 10.2 Å². The SMILES string of the molecule is CCCC(=O)NC1CCCN(c2c(C#N)cnc3ccccc23)C1. The van der Waals surface area contributed by atoms with Crippen LogP contribution in [-0.4, -0.2) is 30.0 Å². The molecule has 0 saturated carbocycles. The number of piperidine rings is 1. The van der Waals surface area contributed by atoms with Gasteiger partial charge in [-0.3, -0.25) is 9.78 Å². The first-order valence-corrected chi connectivity index (χ1v) is 8.55. The molecule has 1 saturated heterocycles. The molecule has 1 aliphatic heterocycles. The molecule has 1 fully saturated rings. The Morgan fingerprint density at radius 2 is 2.29 bits per heavy atom. The van der Waals surface area contributed by atoms with Gasteiger partial charge in [-0.05, 0) is 25.3 Å². The van der Waals surface area contributed by atoms with E-state index in [9.17, 15) is 10.1 Å². The molecule has 1 aromatic heterocycles. The number of nitriles is 1. The topological polar surface area (TPSA) is 69.0 Å². The van der Waals surface area contributed by atoms with E-state index in [0.717, 1.165) is 48.9 Å². The van der Waals surface area contributed by atoms with Crippen LogP contribution in [0.3, 0.4) is 0 Å². The molecule has 0 radical (unpaired) electrons. The second-order valence-electron chi connectivity index (χ2n) is 6.25. The van der Waals surface area contributed by atoms with Crippen LogP contribution in [0.4, 0.5) is 5.69 Å². The lowest BCUT2D eigenvalue weighted by Crippen LogP contribution is -2.48. The minimum Gasteiger partial charge on any atom is -0.368 e. The number of aromatic nitrogens is 1. The van der Waals surface area contributed by atoms with Crippen molar-refractivity contribution in [2.75, 3.05) is 18.0 Å². The van der Waals surface area contributed by atoms with E-state index in [0.29, 0.717) is 12.0 Å². The molecule has 124 valence electrons. The van der Waals surface area contributed by atoms with Gasteiger partial charge in [0.05, 0.1) is 16.8 Å². The Morgan fingerprint density at radius 3 is 3.08 bits per heavy atom. The standard InChI is InChI=1S/C19H22N4O/c1-2-6-18(24)22-15-7-5-10-23(13-15)19-14(11-20)12-21-17-9-4-3-8-16(17)19/h3-4,8-9,12,15H,2,5-7,10,13H2,1H3,(H,22,24). The van der Waals surface area contributed by atoms with Crippen LogP contribution in [-0.2, 0) is 4.79 Å². The van der Waals surface area contributed by atoms with E-state index in [1.807, 2.05) is 31.2 Å². The zero-order valence-electron chi connectivity index (χ0n) is 14.0. The number of nitrogens with zero attached hydrogens (tertiary/aromatic N) is 3. The molecule has 1 atom stereocenters. The number of para-hydroxylation sites is 1. The Morgan fingerprint density at radius 1 is 1.46 bits per heavy atom. The molecular formula is C19H22N4O. The van der Waals surface area contributed by atoms with E-state index in [4.69, 9.17) is 0 Å². The fourth-order valence-corrected chi connectivity index (χ4v) is 3.37. The third kappa shape index (κ3) is 3.33. The van der Waals surface area contributed by atoms with Crippen LogP contribution in [0.1, 0.15) is 38.2 Å². The summed E-state index contributed by atoms with van der Waals surface area (Å²) < 4.78 is 0. The van der Waals surface area contributed by atoms with Crippen molar-refractivity contribution < 1.29 is 4.79 Å². The molecule has 24 heavy (non-hydrogen) atoms. The summed E-state index contributed by atoms with van der Waals surface area (Å²) in [5, 5.41) is 13.6. The van der Waals surface area contributed by atoms with E-state index in [-0.39, 0.29) is 11.9 Å². The van der Waals surface area contributed by atoms with Crippen molar-refractivity contribution in [3.05, 3.63) is 36.0 Å². The number of pyridine rings is 1. The van der Waals surface area contributed by atoms with Crippen LogP contribution in [0.5, 0.6) is 0 Å². The number of anilines is 1. The molecular weight excluding hydrogens is 300 g/mol. The zero-order chi connectivity index (χ0) is 16.9. The average molecular weight is 322 g/mol. The Hall–Kier alpha value is -2.61. The van der Waals surface area contributed by atoms with Crippen LogP contribution in [0.2, 0.25) is 0 Å². The zero-order valence-corrected chi connectivity index (χ0v) is 14.0. The number of benzene rings is 1. The molecule has 0 spiro atoms. The largest absolute Gasteiger partial charge is 0.368 e. The summed E-state index contributed by atoms with van der Waals surface area (Å²) in [5.41, 5.74) is 2.43. The molecule has 1 amide bonds. The van der Waals surface area contributed by atoms with Gasteiger partial charge in [-0.1, -0.05) is 25.1 Å².